The SMILES string of the molecule is O=C(O)c1ccc(F)c(CS(=O)Cc2ccccc2)c1. The zero-order chi connectivity index (χ0) is 14.5. The fourth-order valence-corrected chi connectivity index (χ4v) is 3.04. The third-order valence-electron chi connectivity index (χ3n) is 2.78. The van der Waals surface area contributed by atoms with E-state index in [1.165, 1.54) is 12.1 Å². The first-order valence-electron chi connectivity index (χ1n) is 5.97. The summed E-state index contributed by atoms with van der Waals surface area (Å²) in [4.78, 5) is 10.8. The lowest BCUT2D eigenvalue weighted by atomic mass is 10.1. The van der Waals surface area contributed by atoms with E-state index in [4.69, 9.17) is 5.11 Å². The number of carboxylic acid groups (broad SMARTS) is 1. The standard InChI is InChI=1S/C15H13FO3S/c16-14-7-6-12(15(17)18)8-13(14)10-20(19)9-11-4-2-1-3-5-11/h1-8H,9-10H2,(H,17,18). The molecule has 2 aromatic rings. The molecule has 0 heterocycles. The van der Waals surface area contributed by atoms with Crippen molar-refractivity contribution in [2.75, 3.05) is 0 Å². The Balaban J connectivity index is 2.11. The van der Waals surface area contributed by atoms with Gasteiger partial charge in [-0.3, -0.25) is 4.21 Å². The van der Waals surface area contributed by atoms with Crippen molar-refractivity contribution in [1.29, 1.82) is 0 Å². The molecule has 0 fully saturated rings. The van der Waals surface area contributed by atoms with E-state index in [1.54, 1.807) is 0 Å². The lowest BCUT2D eigenvalue weighted by molar-refractivity contribution is 0.0696. The van der Waals surface area contributed by atoms with E-state index in [0.29, 0.717) is 5.75 Å². The molecule has 1 N–H and O–H groups in total. The van der Waals surface area contributed by atoms with Gasteiger partial charge in [0, 0.05) is 22.1 Å². The number of carbonyl (C=O) groups is 1. The Kier molecular flexibility index (Phi) is 4.63. The van der Waals surface area contributed by atoms with Gasteiger partial charge in [0.25, 0.3) is 0 Å². The van der Waals surface area contributed by atoms with E-state index < -0.39 is 22.6 Å². The summed E-state index contributed by atoms with van der Waals surface area (Å²) in [6.45, 7) is 0. The summed E-state index contributed by atoms with van der Waals surface area (Å²) >= 11 is 0. The fourth-order valence-electron chi connectivity index (χ4n) is 1.80. The van der Waals surface area contributed by atoms with Gasteiger partial charge in [0.05, 0.1) is 11.3 Å². The Morgan fingerprint density at radius 3 is 2.45 bits per heavy atom. The second-order valence-corrected chi connectivity index (χ2v) is 5.78. The minimum Gasteiger partial charge on any atom is -0.478 e. The molecule has 1 atom stereocenters. The summed E-state index contributed by atoms with van der Waals surface area (Å²) < 4.78 is 25.6. The van der Waals surface area contributed by atoms with Gasteiger partial charge >= 0.3 is 5.97 Å². The van der Waals surface area contributed by atoms with E-state index in [-0.39, 0.29) is 16.9 Å². The van der Waals surface area contributed by atoms with Crippen LogP contribution in [0.1, 0.15) is 21.5 Å². The summed E-state index contributed by atoms with van der Waals surface area (Å²) in [6, 6.07) is 12.8. The van der Waals surface area contributed by atoms with Crippen LogP contribution in [0, 0.1) is 5.82 Å². The lowest BCUT2D eigenvalue weighted by Gasteiger charge is -2.05. The first-order valence-corrected chi connectivity index (χ1v) is 7.45. The van der Waals surface area contributed by atoms with Gasteiger partial charge in [0.1, 0.15) is 5.82 Å². The van der Waals surface area contributed by atoms with Crippen LogP contribution in [0.25, 0.3) is 0 Å². The van der Waals surface area contributed by atoms with Crippen molar-refractivity contribution < 1.29 is 18.5 Å². The van der Waals surface area contributed by atoms with Gasteiger partial charge in [0.2, 0.25) is 0 Å². The number of aromatic carboxylic acids is 1. The zero-order valence-electron chi connectivity index (χ0n) is 10.6. The van der Waals surface area contributed by atoms with E-state index in [1.807, 2.05) is 30.3 Å². The summed E-state index contributed by atoms with van der Waals surface area (Å²) in [5.74, 6) is -1.34. The Hall–Kier alpha value is -2.01. The van der Waals surface area contributed by atoms with Crippen LogP contribution < -0.4 is 0 Å². The molecule has 0 aliphatic rings. The minimum atomic E-state index is -1.29. The molecule has 3 nitrogen and oxygen atoms in total. The van der Waals surface area contributed by atoms with Gasteiger partial charge in [-0.05, 0) is 23.8 Å². The number of benzene rings is 2. The molecule has 0 bridgehead atoms. The maximum atomic E-state index is 13.6. The van der Waals surface area contributed by atoms with Crippen LogP contribution in [0.5, 0.6) is 0 Å². The van der Waals surface area contributed by atoms with Gasteiger partial charge in [-0.25, -0.2) is 9.18 Å². The molecule has 2 aromatic carbocycles. The second-order valence-electron chi connectivity index (χ2n) is 4.33. The predicted octanol–water partition coefficient (Wildman–Crippen LogP) is 2.97. The molecular weight excluding hydrogens is 279 g/mol. The zero-order valence-corrected chi connectivity index (χ0v) is 11.4. The molecule has 0 saturated carbocycles. The van der Waals surface area contributed by atoms with Crippen LogP contribution in [-0.2, 0) is 22.3 Å². The van der Waals surface area contributed by atoms with Crippen LogP contribution in [0.4, 0.5) is 4.39 Å². The summed E-state index contributed by atoms with van der Waals surface area (Å²) in [7, 11) is -1.29. The molecule has 0 aromatic heterocycles. The summed E-state index contributed by atoms with van der Waals surface area (Å²) in [6.07, 6.45) is 0. The predicted molar refractivity (Wildman–Crippen MR) is 75.4 cm³/mol. The van der Waals surface area contributed by atoms with Crippen LogP contribution >= 0.6 is 0 Å². The van der Waals surface area contributed by atoms with Gasteiger partial charge in [-0.2, -0.15) is 0 Å². The second kappa shape index (κ2) is 6.43. The highest BCUT2D eigenvalue weighted by Crippen LogP contribution is 2.15. The average molecular weight is 292 g/mol. The third kappa shape index (κ3) is 3.74. The summed E-state index contributed by atoms with van der Waals surface area (Å²) in [5, 5.41) is 8.87. The highest BCUT2D eigenvalue weighted by Gasteiger charge is 2.11. The molecule has 0 aliphatic carbocycles. The number of hydrogen-bond donors (Lipinski definition) is 1. The molecular formula is C15H13FO3S. The monoisotopic (exact) mass is 292 g/mol. The van der Waals surface area contributed by atoms with Gasteiger partial charge in [-0.1, -0.05) is 30.3 Å². The highest BCUT2D eigenvalue weighted by molar-refractivity contribution is 7.83. The molecule has 104 valence electrons. The van der Waals surface area contributed by atoms with Crippen molar-refractivity contribution in [3.63, 3.8) is 0 Å². The van der Waals surface area contributed by atoms with Crippen LogP contribution in [-0.4, -0.2) is 15.3 Å². The normalized spacial score (nSPS) is 12.1. The molecule has 5 heteroatoms. The number of hydrogen-bond acceptors (Lipinski definition) is 2. The first kappa shape index (κ1) is 14.4. The molecule has 2 rings (SSSR count). The maximum Gasteiger partial charge on any atom is 0.335 e. The summed E-state index contributed by atoms with van der Waals surface area (Å²) in [5.41, 5.74) is 1.07. The quantitative estimate of drug-likeness (QED) is 0.921. The maximum absolute atomic E-state index is 13.6. The largest absolute Gasteiger partial charge is 0.478 e. The van der Waals surface area contributed by atoms with Crippen molar-refractivity contribution in [3.8, 4) is 0 Å². The van der Waals surface area contributed by atoms with Crippen LogP contribution in [0.2, 0.25) is 0 Å². The molecule has 0 spiro atoms. The Morgan fingerprint density at radius 1 is 1.10 bits per heavy atom. The number of carboxylic acids is 1. The molecule has 0 aliphatic heterocycles. The third-order valence-corrected chi connectivity index (χ3v) is 4.07. The topological polar surface area (TPSA) is 54.4 Å². The first-order chi connectivity index (χ1) is 9.56. The van der Waals surface area contributed by atoms with E-state index >= 15 is 0 Å². The van der Waals surface area contributed by atoms with Crippen molar-refractivity contribution in [1.82, 2.24) is 0 Å². The van der Waals surface area contributed by atoms with Crippen molar-refractivity contribution in [3.05, 3.63) is 71.0 Å². The molecule has 1 unspecified atom stereocenters. The van der Waals surface area contributed by atoms with Crippen molar-refractivity contribution in [2.24, 2.45) is 0 Å². The van der Waals surface area contributed by atoms with Gasteiger partial charge in [-0.15, -0.1) is 0 Å². The van der Waals surface area contributed by atoms with Gasteiger partial charge < -0.3 is 5.11 Å². The van der Waals surface area contributed by atoms with Gasteiger partial charge in [0.15, 0.2) is 0 Å². The fraction of sp³-hybridized carbons (Fsp3) is 0.133. The highest BCUT2D eigenvalue weighted by atomic mass is 32.2. The van der Waals surface area contributed by atoms with Crippen LogP contribution in [0.3, 0.4) is 0 Å². The van der Waals surface area contributed by atoms with Crippen molar-refractivity contribution in [2.45, 2.75) is 11.5 Å². The Bertz CT molecular complexity index is 641. The molecule has 0 saturated heterocycles. The minimum absolute atomic E-state index is 0.00175. The molecule has 0 amide bonds. The number of halogens is 1. The Labute approximate surface area is 118 Å². The van der Waals surface area contributed by atoms with E-state index in [2.05, 4.69) is 0 Å². The smallest absolute Gasteiger partial charge is 0.335 e. The lowest BCUT2D eigenvalue weighted by Crippen LogP contribution is -2.04. The molecule has 20 heavy (non-hydrogen) atoms. The number of rotatable bonds is 5. The van der Waals surface area contributed by atoms with Crippen molar-refractivity contribution >= 4 is 16.8 Å². The average Bonchev–Trinajstić information content (AvgIpc) is 2.42. The Morgan fingerprint density at radius 2 is 1.80 bits per heavy atom. The molecule has 0 radical (unpaired) electrons. The van der Waals surface area contributed by atoms with E-state index in [9.17, 15) is 13.4 Å². The van der Waals surface area contributed by atoms with Crippen LogP contribution in [0.15, 0.2) is 48.5 Å². The van der Waals surface area contributed by atoms with E-state index in [0.717, 1.165) is 11.6 Å².